The number of methoxy groups -OCH3 is 1. The number of carbonyl (C=O) groups excluding carboxylic acids is 2. The van der Waals surface area contributed by atoms with Gasteiger partial charge in [0, 0.05) is 12.6 Å². The fraction of sp³-hybridized carbons (Fsp3) is 0.333. The zero-order valence-corrected chi connectivity index (χ0v) is 16.6. The van der Waals surface area contributed by atoms with Crippen molar-refractivity contribution in [3.05, 3.63) is 52.5 Å². The molecule has 0 saturated heterocycles. The van der Waals surface area contributed by atoms with Crippen LogP contribution in [0.25, 0.3) is 0 Å². The third kappa shape index (κ3) is 4.40. The topological polar surface area (TPSA) is 74.3 Å². The van der Waals surface area contributed by atoms with Gasteiger partial charge in [0.1, 0.15) is 5.75 Å². The average molecular weight is 418 g/mol. The Hall–Kier alpha value is -2.93. The highest BCUT2D eigenvalue weighted by atomic mass is 35.5. The molecule has 0 unspecified atom stereocenters. The number of halogens is 1. The van der Waals surface area contributed by atoms with Crippen LogP contribution in [-0.4, -0.2) is 43.3 Å². The van der Waals surface area contributed by atoms with Gasteiger partial charge in [-0.05, 0) is 42.7 Å². The average Bonchev–Trinajstić information content (AvgIpc) is 3.46. The molecular formula is C21H20ClNO6. The molecule has 7 nitrogen and oxygen atoms in total. The molecule has 4 rings (SSSR count). The van der Waals surface area contributed by atoms with E-state index >= 15 is 0 Å². The van der Waals surface area contributed by atoms with Crippen LogP contribution in [0.2, 0.25) is 5.02 Å². The highest BCUT2D eigenvalue weighted by Gasteiger charge is 2.33. The molecular weight excluding hydrogens is 398 g/mol. The molecule has 0 spiro atoms. The van der Waals surface area contributed by atoms with Crippen molar-refractivity contribution in [2.24, 2.45) is 0 Å². The summed E-state index contributed by atoms with van der Waals surface area (Å²) >= 11 is 6.10. The van der Waals surface area contributed by atoms with E-state index in [0.717, 1.165) is 24.2 Å². The van der Waals surface area contributed by atoms with Crippen molar-refractivity contribution in [1.82, 2.24) is 4.90 Å². The molecule has 1 aliphatic heterocycles. The summed E-state index contributed by atoms with van der Waals surface area (Å²) in [6.07, 6.45) is 1.90. The number of esters is 1. The van der Waals surface area contributed by atoms with Crippen LogP contribution in [0.4, 0.5) is 0 Å². The Kier molecular flexibility index (Phi) is 5.49. The van der Waals surface area contributed by atoms with E-state index in [0.29, 0.717) is 18.0 Å². The van der Waals surface area contributed by atoms with Gasteiger partial charge in [-0.25, -0.2) is 4.79 Å². The number of nitrogens with zero attached hydrogens (tertiary/aromatic N) is 1. The van der Waals surface area contributed by atoms with Gasteiger partial charge in [0.25, 0.3) is 5.91 Å². The summed E-state index contributed by atoms with van der Waals surface area (Å²) in [5, 5.41) is 0.261. The Balaban J connectivity index is 1.38. The van der Waals surface area contributed by atoms with Crippen molar-refractivity contribution in [3.8, 4) is 17.2 Å². The van der Waals surface area contributed by atoms with Crippen molar-refractivity contribution < 1.29 is 28.5 Å². The summed E-state index contributed by atoms with van der Waals surface area (Å²) in [7, 11) is 1.61. The van der Waals surface area contributed by atoms with E-state index in [1.165, 1.54) is 12.1 Å². The minimum absolute atomic E-state index is 0.0494. The van der Waals surface area contributed by atoms with Crippen LogP contribution in [0.15, 0.2) is 36.4 Å². The summed E-state index contributed by atoms with van der Waals surface area (Å²) in [5.41, 5.74) is 1.19. The summed E-state index contributed by atoms with van der Waals surface area (Å²) in [6, 6.07) is 10.7. The lowest BCUT2D eigenvalue weighted by Gasteiger charge is -2.22. The first kappa shape index (κ1) is 19.4. The van der Waals surface area contributed by atoms with Crippen LogP contribution in [0.1, 0.15) is 28.8 Å². The van der Waals surface area contributed by atoms with Crippen LogP contribution >= 0.6 is 11.6 Å². The molecule has 0 radical (unpaired) electrons. The normalized spacial score (nSPS) is 14.4. The molecule has 152 valence electrons. The molecule has 0 N–H and O–H groups in total. The fourth-order valence-corrected chi connectivity index (χ4v) is 3.38. The lowest BCUT2D eigenvalue weighted by molar-refractivity contribution is -0.135. The standard InChI is InChI=1S/C21H20ClNO6/c1-26-16-6-2-13(3-7-16)10-23(15-4-5-15)19(24)11-27-21(25)14-8-17(22)20-18(9-14)28-12-29-20/h2-3,6-9,15H,4-5,10-12H2,1H3. The molecule has 0 bridgehead atoms. The minimum Gasteiger partial charge on any atom is -0.497 e. The van der Waals surface area contributed by atoms with Gasteiger partial charge in [0.2, 0.25) is 6.79 Å². The van der Waals surface area contributed by atoms with E-state index in [-0.39, 0.29) is 35.9 Å². The van der Waals surface area contributed by atoms with Crippen molar-refractivity contribution in [3.63, 3.8) is 0 Å². The van der Waals surface area contributed by atoms with Crippen LogP contribution in [-0.2, 0) is 16.1 Å². The Morgan fingerprint density at radius 2 is 1.93 bits per heavy atom. The van der Waals surface area contributed by atoms with Gasteiger partial charge in [-0.1, -0.05) is 23.7 Å². The van der Waals surface area contributed by atoms with Crippen molar-refractivity contribution in [2.45, 2.75) is 25.4 Å². The van der Waals surface area contributed by atoms with Gasteiger partial charge in [-0.3, -0.25) is 4.79 Å². The molecule has 1 heterocycles. The third-order valence-electron chi connectivity index (χ3n) is 4.81. The summed E-state index contributed by atoms with van der Waals surface area (Å²) in [4.78, 5) is 26.8. The number of carbonyl (C=O) groups is 2. The minimum atomic E-state index is -0.640. The zero-order valence-electron chi connectivity index (χ0n) is 15.9. The highest BCUT2D eigenvalue weighted by Crippen LogP contribution is 2.40. The quantitative estimate of drug-likeness (QED) is 0.642. The van der Waals surface area contributed by atoms with E-state index in [1.54, 1.807) is 12.0 Å². The van der Waals surface area contributed by atoms with Gasteiger partial charge in [-0.2, -0.15) is 0 Å². The molecule has 1 fully saturated rings. The second-order valence-corrected chi connectivity index (χ2v) is 7.28. The summed E-state index contributed by atoms with van der Waals surface area (Å²) in [5.74, 6) is 0.671. The molecule has 29 heavy (non-hydrogen) atoms. The number of hydrogen-bond donors (Lipinski definition) is 0. The second-order valence-electron chi connectivity index (χ2n) is 6.87. The van der Waals surface area contributed by atoms with Crippen LogP contribution in [0, 0.1) is 0 Å². The van der Waals surface area contributed by atoms with E-state index in [1.807, 2.05) is 24.3 Å². The first-order valence-corrected chi connectivity index (χ1v) is 9.61. The molecule has 1 amide bonds. The number of hydrogen-bond acceptors (Lipinski definition) is 6. The largest absolute Gasteiger partial charge is 0.497 e. The number of benzene rings is 2. The van der Waals surface area contributed by atoms with E-state index < -0.39 is 5.97 Å². The predicted octanol–water partition coefficient (Wildman–Crippen LogP) is 3.43. The first-order chi connectivity index (χ1) is 14.0. The van der Waals surface area contributed by atoms with E-state index in [2.05, 4.69) is 0 Å². The summed E-state index contributed by atoms with van der Waals surface area (Å²) in [6.45, 7) is 0.173. The smallest absolute Gasteiger partial charge is 0.338 e. The van der Waals surface area contributed by atoms with Gasteiger partial charge >= 0.3 is 5.97 Å². The number of amides is 1. The zero-order chi connectivity index (χ0) is 20.4. The maximum Gasteiger partial charge on any atom is 0.338 e. The van der Waals surface area contributed by atoms with Crippen molar-refractivity contribution >= 4 is 23.5 Å². The molecule has 2 aliphatic rings. The van der Waals surface area contributed by atoms with E-state index in [4.69, 9.17) is 30.5 Å². The first-order valence-electron chi connectivity index (χ1n) is 9.24. The predicted molar refractivity (Wildman–Crippen MR) is 104 cm³/mol. The molecule has 0 atom stereocenters. The monoisotopic (exact) mass is 417 g/mol. The van der Waals surface area contributed by atoms with Gasteiger partial charge in [0.15, 0.2) is 18.1 Å². The maximum atomic E-state index is 12.7. The van der Waals surface area contributed by atoms with Gasteiger partial charge < -0.3 is 23.8 Å². The summed E-state index contributed by atoms with van der Waals surface area (Å²) < 4.78 is 20.9. The molecule has 2 aromatic rings. The van der Waals surface area contributed by atoms with Crippen molar-refractivity contribution in [1.29, 1.82) is 0 Å². The Morgan fingerprint density at radius 3 is 2.62 bits per heavy atom. The van der Waals surface area contributed by atoms with Crippen LogP contribution < -0.4 is 14.2 Å². The fourth-order valence-electron chi connectivity index (χ4n) is 3.11. The molecule has 2 aromatic carbocycles. The maximum absolute atomic E-state index is 12.7. The molecule has 8 heteroatoms. The van der Waals surface area contributed by atoms with Crippen LogP contribution in [0.5, 0.6) is 17.2 Å². The third-order valence-corrected chi connectivity index (χ3v) is 5.09. The number of ether oxygens (including phenoxy) is 4. The van der Waals surface area contributed by atoms with E-state index in [9.17, 15) is 9.59 Å². The van der Waals surface area contributed by atoms with Gasteiger partial charge in [0.05, 0.1) is 17.7 Å². The van der Waals surface area contributed by atoms with Gasteiger partial charge in [-0.15, -0.1) is 0 Å². The second kappa shape index (κ2) is 8.21. The lowest BCUT2D eigenvalue weighted by Crippen LogP contribution is -2.36. The van der Waals surface area contributed by atoms with Crippen LogP contribution in [0.3, 0.4) is 0 Å². The Labute approximate surface area is 173 Å². The van der Waals surface area contributed by atoms with Crippen molar-refractivity contribution in [2.75, 3.05) is 20.5 Å². The highest BCUT2D eigenvalue weighted by molar-refractivity contribution is 6.32. The molecule has 1 aliphatic carbocycles. The Morgan fingerprint density at radius 1 is 1.17 bits per heavy atom. The Bertz CT molecular complexity index is 926. The number of rotatable bonds is 7. The molecule has 0 aromatic heterocycles. The molecule has 1 saturated carbocycles. The SMILES string of the molecule is COc1ccc(CN(C(=O)COC(=O)c2cc(Cl)c3c(c2)OCO3)C2CC2)cc1. The lowest BCUT2D eigenvalue weighted by atomic mass is 10.2. The number of fused-ring (bicyclic) bond motifs is 1.